The molecule has 0 spiro atoms. The van der Waals surface area contributed by atoms with Crippen LogP contribution in [0, 0.1) is 13.8 Å². The van der Waals surface area contributed by atoms with Crippen molar-refractivity contribution in [1.82, 2.24) is 5.32 Å². The minimum atomic E-state index is 0.730. The van der Waals surface area contributed by atoms with Gasteiger partial charge in [0.15, 0.2) is 0 Å². The summed E-state index contributed by atoms with van der Waals surface area (Å²) >= 11 is 2.02. The highest BCUT2D eigenvalue weighted by Gasteiger charge is 2.23. The third-order valence-electron chi connectivity index (χ3n) is 3.80. The van der Waals surface area contributed by atoms with Crippen molar-refractivity contribution in [3.8, 4) is 0 Å². The van der Waals surface area contributed by atoms with Gasteiger partial charge in [-0.1, -0.05) is 23.8 Å². The highest BCUT2D eigenvalue weighted by Crippen LogP contribution is 2.28. The Kier molecular flexibility index (Phi) is 4.52. The number of thioether (sulfide) groups is 1. The van der Waals surface area contributed by atoms with Crippen molar-refractivity contribution in [2.45, 2.75) is 50.9 Å². The lowest BCUT2D eigenvalue weighted by Gasteiger charge is -2.14. The summed E-state index contributed by atoms with van der Waals surface area (Å²) < 4.78 is 0. The second-order valence-corrected chi connectivity index (χ2v) is 6.32. The molecule has 0 saturated heterocycles. The van der Waals surface area contributed by atoms with Gasteiger partial charge >= 0.3 is 0 Å². The molecule has 2 unspecified atom stereocenters. The first-order valence-corrected chi connectivity index (χ1v) is 7.80. The summed E-state index contributed by atoms with van der Waals surface area (Å²) in [5.74, 6) is 0. The van der Waals surface area contributed by atoms with Gasteiger partial charge in [-0.3, -0.25) is 0 Å². The van der Waals surface area contributed by atoms with E-state index in [-0.39, 0.29) is 0 Å². The molecule has 1 saturated carbocycles. The summed E-state index contributed by atoms with van der Waals surface area (Å²) in [4.78, 5) is 0. The molecule has 1 fully saturated rings. The quantitative estimate of drug-likeness (QED) is 0.873. The zero-order valence-electron chi connectivity index (χ0n) is 11.1. The summed E-state index contributed by atoms with van der Waals surface area (Å²) in [6, 6.07) is 7.48. The van der Waals surface area contributed by atoms with Gasteiger partial charge in [0.25, 0.3) is 0 Å². The normalized spacial score (nSPS) is 24.2. The molecule has 1 aliphatic carbocycles. The molecule has 0 heterocycles. The molecule has 0 aliphatic heterocycles. The van der Waals surface area contributed by atoms with Crippen molar-refractivity contribution in [3.05, 3.63) is 34.9 Å². The highest BCUT2D eigenvalue weighted by molar-refractivity contribution is 7.99. The Morgan fingerprint density at radius 2 is 2.12 bits per heavy atom. The standard InChI is InChI=1S/C15H23NS/c1-11-4-5-13(12(2)8-11)10-16-14-6-7-15(9-14)17-3/h4-5,8,14-16H,6-7,9-10H2,1-3H3. The van der Waals surface area contributed by atoms with Gasteiger partial charge < -0.3 is 5.32 Å². The summed E-state index contributed by atoms with van der Waals surface area (Å²) in [6.07, 6.45) is 6.30. The van der Waals surface area contributed by atoms with Crippen LogP contribution < -0.4 is 5.32 Å². The van der Waals surface area contributed by atoms with Crippen molar-refractivity contribution >= 4 is 11.8 Å². The summed E-state index contributed by atoms with van der Waals surface area (Å²) in [5, 5.41) is 4.59. The maximum absolute atomic E-state index is 3.71. The van der Waals surface area contributed by atoms with Gasteiger partial charge in [-0.25, -0.2) is 0 Å². The summed E-state index contributed by atoms with van der Waals surface area (Å²) in [6.45, 7) is 5.39. The molecule has 1 aromatic carbocycles. The molecule has 1 N–H and O–H groups in total. The number of hydrogen-bond acceptors (Lipinski definition) is 2. The summed E-state index contributed by atoms with van der Waals surface area (Å²) in [5.41, 5.74) is 4.22. The van der Waals surface area contributed by atoms with E-state index in [1.807, 2.05) is 11.8 Å². The van der Waals surface area contributed by atoms with Crippen LogP contribution in [0.1, 0.15) is 36.0 Å². The molecule has 1 aromatic rings. The van der Waals surface area contributed by atoms with Gasteiger partial charge in [0.2, 0.25) is 0 Å². The van der Waals surface area contributed by atoms with E-state index in [0.717, 1.165) is 17.8 Å². The van der Waals surface area contributed by atoms with Crippen molar-refractivity contribution in [2.24, 2.45) is 0 Å². The predicted octanol–water partition coefficient (Wildman–Crippen LogP) is 3.68. The van der Waals surface area contributed by atoms with Crippen molar-refractivity contribution < 1.29 is 0 Å². The van der Waals surface area contributed by atoms with E-state index >= 15 is 0 Å². The first-order chi connectivity index (χ1) is 8.19. The maximum atomic E-state index is 3.71. The zero-order chi connectivity index (χ0) is 12.3. The Hall–Kier alpha value is -0.470. The average Bonchev–Trinajstić information content (AvgIpc) is 2.76. The maximum Gasteiger partial charge on any atom is 0.0210 e. The molecule has 0 amide bonds. The van der Waals surface area contributed by atoms with Gasteiger partial charge in [0, 0.05) is 17.8 Å². The lowest BCUT2D eigenvalue weighted by Crippen LogP contribution is -2.26. The second kappa shape index (κ2) is 5.92. The Balaban J connectivity index is 1.86. The molecule has 2 heteroatoms. The van der Waals surface area contributed by atoms with E-state index in [1.54, 1.807) is 0 Å². The minimum Gasteiger partial charge on any atom is -0.310 e. The van der Waals surface area contributed by atoms with Crippen LogP contribution in [0.25, 0.3) is 0 Å². The molecule has 1 aliphatic rings. The Morgan fingerprint density at radius 3 is 2.76 bits per heavy atom. The minimum absolute atomic E-state index is 0.730. The van der Waals surface area contributed by atoms with E-state index in [9.17, 15) is 0 Å². The zero-order valence-corrected chi connectivity index (χ0v) is 11.9. The van der Waals surface area contributed by atoms with Crippen LogP contribution in [0.5, 0.6) is 0 Å². The lowest BCUT2D eigenvalue weighted by molar-refractivity contribution is 0.524. The molecule has 2 atom stereocenters. The SMILES string of the molecule is CSC1CCC(NCc2ccc(C)cc2C)C1. The first kappa shape index (κ1) is 13.0. The van der Waals surface area contributed by atoms with Crippen molar-refractivity contribution in [2.75, 3.05) is 6.26 Å². The van der Waals surface area contributed by atoms with E-state index in [1.165, 1.54) is 36.0 Å². The number of hydrogen-bond donors (Lipinski definition) is 1. The fourth-order valence-electron chi connectivity index (χ4n) is 2.64. The van der Waals surface area contributed by atoms with Gasteiger partial charge in [-0.2, -0.15) is 11.8 Å². The fourth-order valence-corrected chi connectivity index (χ4v) is 3.43. The molecule has 0 bridgehead atoms. The van der Waals surface area contributed by atoms with Crippen LogP contribution in [0.3, 0.4) is 0 Å². The Morgan fingerprint density at radius 1 is 1.29 bits per heavy atom. The van der Waals surface area contributed by atoms with Crippen LogP contribution >= 0.6 is 11.8 Å². The van der Waals surface area contributed by atoms with E-state index in [4.69, 9.17) is 0 Å². The largest absolute Gasteiger partial charge is 0.310 e. The fraction of sp³-hybridized carbons (Fsp3) is 0.600. The number of rotatable bonds is 4. The first-order valence-electron chi connectivity index (χ1n) is 6.51. The van der Waals surface area contributed by atoms with Crippen LogP contribution in [-0.2, 0) is 6.54 Å². The van der Waals surface area contributed by atoms with E-state index in [0.29, 0.717) is 0 Å². The van der Waals surface area contributed by atoms with Crippen molar-refractivity contribution in [1.29, 1.82) is 0 Å². The number of benzene rings is 1. The van der Waals surface area contributed by atoms with E-state index in [2.05, 4.69) is 43.6 Å². The molecule has 0 aromatic heterocycles. The van der Waals surface area contributed by atoms with Gasteiger partial charge in [0.05, 0.1) is 0 Å². The third-order valence-corrected chi connectivity index (χ3v) is 4.89. The molecular formula is C15H23NS. The molecule has 0 radical (unpaired) electrons. The number of nitrogens with one attached hydrogen (secondary N) is 1. The smallest absolute Gasteiger partial charge is 0.0210 e. The second-order valence-electron chi connectivity index (χ2n) is 5.18. The van der Waals surface area contributed by atoms with E-state index < -0.39 is 0 Å². The molecule has 2 rings (SSSR count). The highest BCUT2D eigenvalue weighted by atomic mass is 32.2. The van der Waals surface area contributed by atoms with Gasteiger partial charge in [-0.15, -0.1) is 0 Å². The average molecular weight is 249 g/mol. The Labute approximate surface area is 109 Å². The lowest BCUT2D eigenvalue weighted by atomic mass is 10.1. The molecule has 94 valence electrons. The van der Waals surface area contributed by atoms with Crippen molar-refractivity contribution in [3.63, 3.8) is 0 Å². The predicted molar refractivity (Wildman–Crippen MR) is 77.7 cm³/mol. The molecule has 1 nitrogen and oxygen atoms in total. The number of aryl methyl sites for hydroxylation is 2. The topological polar surface area (TPSA) is 12.0 Å². The van der Waals surface area contributed by atoms with Gasteiger partial charge in [-0.05, 0) is 50.5 Å². The van der Waals surface area contributed by atoms with Crippen LogP contribution in [-0.4, -0.2) is 17.5 Å². The molecular weight excluding hydrogens is 226 g/mol. The summed E-state index contributed by atoms with van der Waals surface area (Å²) in [7, 11) is 0. The van der Waals surface area contributed by atoms with Crippen LogP contribution in [0.15, 0.2) is 18.2 Å². The third kappa shape index (κ3) is 3.49. The van der Waals surface area contributed by atoms with Gasteiger partial charge in [0.1, 0.15) is 0 Å². The molecule has 17 heavy (non-hydrogen) atoms. The monoisotopic (exact) mass is 249 g/mol. The van der Waals surface area contributed by atoms with Crippen LogP contribution in [0.4, 0.5) is 0 Å². The van der Waals surface area contributed by atoms with Crippen LogP contribution in [0.2, 0.25) is 0 Å². The Bertz CT molecular complexity index is 375.